The van der Waals surface area contributed by atoms with Gasteiger partial charge in [0, 0.05) is 19.7 Å². The number of nitrogens with one attached hydrogen (secondary N) is 2. The fraction of sp³-hybridized carbons (Fsp3) is 0.812. The molecule has 3 N–H and O–H groups in total. The van der Waals surface area contributed by atoms with E-state index >= 15 is 0 Å². The van der Waals surface area contributed by atoms with Crippen LogP contribution in [0.2, 0.25) is 0 Å². The number of fused-ring (bicyclic) bond motifs is 1. The lowest BCUT2D eigenvalue weighted by Gasteiger charge is -2.25. The molecule has 1 aliphatic heterocycles. The Morgan fingerprint density at radius 2 is 2.22 bits per heavy atom. The van der Waals surface area contributed by atoms with Crippen molar-refractivity contribution < 1.29 is 9.90 Å². The molecule has 0 aromatic carbocycles. The molecular formula is C16H29N5O2. The van der Waals surface area contributed by atoms with Crippen LogP contribution in [0.4, 0.5) is 4.79 Å². The molecule has 0 spiro atoms. The van der Waals surface area contributed by atoms with Crippen LogP contribution in [0.25, 0.3) is 0 Å². The number of aromatic nitrogens is 3. The van der Waals surface area contributed by atoms with Crippen LogP contribution in [0, 0.1) is 18.8 Å². The predicted molar refractivity (Wildman–Crippen MR) is 87.9 cm³/mol. The van der Waals surface area contributed by atoms with Crippen LogP contribution in [0.15, 0.2) is 0 Å². The Labute approximate surface area is 137 Å². The molecule has 0 saturated carbocycles. The molecule has 2 rings (SSSR count). The van der Waals surface area contributed by atoms with Gasteiger partial charge in [-0.3, -0.25) is 0 Å². The van der Waals surface area contributed by atoms with Crippen LogP contribution in [0.5, 0.6) is 0 Å². The first kappa shape index (κ1) is 17.7. The minimum absolute atomic E-state index is 0.0775. The Kier molecular flexibility index (Phi) is 6.38. The molecule has 130 valence electrons. The van der Waals surface area contributed by atoms with Crippen LogP contribution in [-0.2, 0) is 6.54 Å². The van der Waals surface area contributed by atoms with E-state index in [1.807, 2.05) is 6.92 Å². The Hall–Kier alpha value is -1.63. The molecule has 0 radical (unpaired) electrons. The highest BCUT2D eigenvalue weighted by Gasteiger charge is 2.25. The van der Waals surface area contributed by atoms with Gasteiger partial charge < -0.3 is 20.3 Å². The number of aliphatic hydroxyl groups excluding tert-OH is 1. The van der Waals surface area contributed by atoms with Gasteiger partial charge in [0.05, 0.1) is 6.04 Å². The van der Waals surface area contributed by atoms with Crippen molar-refractivity contribution in [2.45, 2.75) is 59.0 Å². The number of urea groups is 1. The van der Waals surface area contributed by atoms with Crippen molar-refractivity contribution in [3.05, 3.63) is 11.6 Å². The van der Waals surface area contributed by atoms with E-state index in [1.54, 1.807) is 0 Å². The molecule has 0 fully saturated rings. The molecule has 0 aliphatic carbocycles. The van der Waals surface area contributed by atoms with Crippen LogP contribution < -0.4 is 10.6 Å². The van der Waals surface area contributed by atoms with Gasteiger partial charge in [-0.15, -0.1) is 10.2 Å². The van der Waals surface area contributed by atoms with Crippen LogP contribution in [0.3, 0.4) is 0 Å². The lowest BCUT2D eigenvalue weighted by Crippen LogP contribution is -2.42. The van der Waals surface area contributed by atoms with Gasteiger partial charge in [-0.1, -0.05) is 13.8 Å². The summed E-state index contributed by atoms with van der Waals surface area (Å²) in [6, 6.07) is -0.248. The fourth-order valence-electron chi connectivity index (χ4n) is 3.25. The molecule has 2 atom stereocenters. The average Bonchev–Trinajstić information content (AvgIpc) is 2.87. The summed E-state index contributed by atoms with van der Waals surface area (Å²) < 4.78 is 2.07. The fourth-order valence-corrected chi connectivity index (χ4v) is 3.25. The summed E-state index contributed by atoms with van der Waals surface area (Å²) in [5.41, 5.74) is 0. The van der Waals surface area contributed by atoms with Crippen LogP contribution >= 0.6 is 0 Å². The van der Waals surface area contributed by atoms with Gasteiger partial charge in [0.25, 0.3) is 0 Å². The van der Waals surface area contributed by atoms with Gasteiger partial charge in [0.2, 0.25) is 0 Å². The summed E-state index contributed by atoms with van der Waals surface area (Å²) in [6.07, 6.45) is 3.61. The van der Waals surface area contributed by atoms with E-state index in [4.69, 9.17) is 5.11 Å². The second kappa shape index (κ2) is 8.29. The highest BCUT2D eigenvalue weighted by molar-refractivity contribution is 5.74. The zero-order valence-corrected chi connectivity index (χ0v) is 14.4. The van der Waals surface area contributed by atoms with Gasteiger partial charge >= 0.3 is 6.03 Å². The van der Waals surface area contributed by atoms with E-state index in [0.29, 0.717) is 18.4 Å². The average molecular weight is 323 g/mol. The van der Waals surface area contributed by atoms with E-state index in [9.17, 15) is 4.79 Å². The molecule has 7 nitrogen and oxygen atoms in total. The maximum Gasteiger partial charge on any atom is 0.315 e. The second-order valence-electron chi connectivity index (χ2n) is 6.81. The molecule has 2 amide bonds. The number of rotatable bonds is 7. The molecule has 7 heteroatoms. The number of hydrogen-bond acceptors (Lipinski definition) is 4. The summed E-state index contributed by atoms with van der Waals surface area (Å²) in [4.78, 5) is 12.2. The third-order valence-electron chi connectivity index (χ3n) is 4.35. The summed E-state index contributed by atoms with van der Waals surface area (Å²) in [5, 5.41) is 23.4. The molecule has 2 heterocycles. The Morgan fingerprint density at radius 1 is 1.43 bits per heavy atom. The first-order valence-corrected chi connectivity index (χ1v) is 8.56. The van der Waals surface area contributed by atoms with Crippen LogP contribution in [0.1, 0.15) is 57.2 Å². The van der Waals surface area contributed by atoms with Crippen molar-refractivity contribution in [1.82, 2.24) is 25.4 Å². The topological polar surface area (TPSA) is 92.1 Å². The summed E-state index contributed by atoms with van der Waals surface area (Å²) >= 11 is 0. The summed E-state index contributed by atoms with van der Waals surface area (Å²) in [7, 11) is 0. The van der Waals surface area contributed by atoms with Crippen molar-refractivity contribution in [3.63, 3.8) is 0 Å². The predicted octanol–water partition coefficient (Wildman–Crippen LogP) is 1.77. The zero-order chi connectivity index (χ0) is 16.8. The van der Waals surface area contributed by atoms with Gasteiger partial charge in [-0.25, -0.2) is 4.79 Å². The summed E-state index contributed by atoms with van der Waals surface area (Å²) in [5.74, 6) is 2.60. The van der Waals surface area contributed by atoms with Gasteiger partial charge in [0.15, 0.2) is 5.82 Å². The van der Waals surface area contributed by atoms with Crippen molar-refractivity contribution in [2.24, 2.45) is 11.8 Å². The van der Waals surface area contributed by atoms with E-state index in [2.05, 4.69) is 39.2 Å². The number of aliphatic hydroxyl groups is 1. The molecule has 0 bridgehead atoms. The van der Waals surface area contributed by atoms with Crippen molar-refractivity contribution in [3.8, 4) is 0 Å². The zero-order valence-electron chi connectivity index (χ0n) is 14.4. The number of nitrogens with zero attached hydrogens (tertiary/aromatic N) is 3. The molecule has 2 unspecified atom stereocenters. The van der Waals surface area contributed by atoms with Crippen LogP contribution in [-0.4, -0.2) is 39.1 Å². The first-order valence-electron chi connectivity index (χ1n) is 8.56. The Morgan fingerprint density at radius 3 is 2.91 bits per heavy atom. The van der Waals surface area contributed by atoms with Crippen molar-refractivity contribution >= 4 is 6.03 Å². The SMILES string of the molecule is Cc1nnc2n1CCCC2NC(=O)NCC(CCO)CC(C)C. The highest BCUT2D eigenvalue weighted by Crippen LogP contribution is 2.23. The van der Waals surface area contributed by atoms with E-state index in [0.717, 1.165) is 43.9 Å². The van der Waals surface area contributed by atoms with E-state index in [1.165, 1.54) is 0 Å². The van der Waals surface area contributed by atoms with Crippen molar-refractivity contribution in [2.75, 3.05) is 13.2 Å². The van der Waals surface area contributed by atoms with Gasteiger partial charge in [-0.2, -0.15) is 0 Å². The van der Waals surface area contributed by atoms with Crippen molar-refractivity contribution in [1.29, 1.82) is 0 Å². The van der Waals surface area contributed by atoms with Gasteiger partial charge in [-0.05, 0) is 44.4 Å². The molecule has 0 saturated heterocycles. The lowest BCUT2D eigenvalue weighted by atomic mass is 9.94. The van der Waals surface area contributed by atoms with Gasteiger partial charge in [0.1, 0.15) is 5.82 Å². The Bertz CT molecular complexity index is 515. The second-order valence-corrected chi connectivity index (χ2v) is 6.81. The monoisotopic (exact) mass is 323 g/mol. The van der Waals surface area contributed by atoms with E-state index in [-0.39, 0.29) is 18.7 Å². The third-order valence-corrected chi connectivity index (χ3v) is 4.35. The molecular weight excluding hydrogens is 294 g/mol. The van der Waals surface area contributed by atoms with E-state index < -0.39 is 0 Å². The maximum absolute atomic E-state index is 12.2. The standard InChI is InChI=1S/C16H29N5O2/c1-11(2)9-13(6-8-22)10-17-16(23)18-14-5-4-7-21-12(3)19-20-15(14)21/h11,13-14,22H,4-10H2,1-3H3,(H2,17,18,23). The molecule has 1 aromatic heterocycles. The third kappa shape index (κ3) is 4.92. The summed E-state index contributed by atoms with van der Waals surface area (Å²) in [6.45, 7) is 7.91. The number of carbonyl (C=O) groups is 1. The molecule has 1 aliphatic rings. The maximum atomic E-state index is 12.2. The number of aryl methyl sites for hydroxylation is 1. The first-order chi connectivity index (χ1) is 11.0. The Balaban J connectivity index is 1.85. The quantitative estimate of drug-likeness (QED) is 0.713. The normalized spacial score (nSPS) is 18.6. The number of hydrogen-bond donors (Lipinski definition) is 3. The lowest BCUT2D eigenvalue weighted by molar-refractivity contribution is 0.220. The largest absolute Gasteiger partial charge is 0.396 e. The highest BCUT2D eigenvalue weighted by atomic mass is 16.3. The molecule has 23 heavy (non-hydrogen) atoms. The number of carbonyl (C=O) groups excluding carboxylic acids is 1. The molecule has 1 aromatic rings. The smallest absolute Gasteiger partial charge is 0.315 e. The number of amides is 2. The minimum atomic E-state index is -0.171. The minimum Gasteiger partial charge on any atom is -0.396 e.